The minimum absolute atomic E-state index is 0.497. The predicted octanol–water partition coefficient (Wildman–Crippen LogP) is 1.70. The van der Waals surface area contributed by atoms with Gasteiger partial charge in [0.25, 0.3) is 0 Å². The van der Waals surface area contributed by atoms with Crippen LogP contribution in [0.15, 0.2) is 29.4 Å². The SMILES string of the molecule is Cc1ccc(/C=N/NC(=O)C(=O)N2CCC(C)CC2)cc1. The first-order valence-corrected chi connectivity index (χ1v) is 7.25. The van der Waals surface area contributed by atoms with Gasteiger partial charge in [-0.3, -0.25) is 9.59 Å². The van der Waals surface area contributed by atoms with Gasteiger partial charge in [0.2, 0.25) is 0 Å². The van der Waals surface area contributed by atoms with Crippen molar-refractivity contribution in [3.8, 4) is 0 Å². The number of piperidine rings is 1. The molecular weight excluding hydrogens is 266 g/mol. The molecule has 1 heterocycles. The van der Waals surface area contributed by atoms with E-state index in [1.165, 1.54) is 6.21 Å². The Morgan fingerprint density at radius 3 is 2.48 bits per heavy atom. The number of carbonyl (C=O) groups is 2. The summed E-state index contributed by atoms with van der Waals surface area (Å²) in [5.41, 5.74) is 4.33. The number of hydrogen-bond donors (Lipinski definition) is 1. The van der Waals surface area contributed by atoms with Crippen molar-refractivity contribution in [2.45, 2.75) is 26.7 Å². The zero-order valence-electron chi connectivity index (χ0n) is 12.5. The van der Waals surface area contributed by atoms with E-state index >= 15 is 0 Å². The Morgan fingerprint density at radius 2 is 1.86 bits per heavy atom. The summed E-state index contributed by atoms with van der Waals surface area (Å²) in [6, 6.07) is 7.73. The molecule has 0 saturated carbocycles. The fourth-order valence-electron chi connectivity index (χ4n) is 2.22. The molecule has 0 bridgehead atoms. The van der Waals surface area contributed by atoms with Crippen LogP contribution in [0.25, 0.3) is 0 Å². The Hall–Kier alpha value is -2.17. The van der Waals surface area contributed by atoms with E-state index in [0.29, 0.717) is 19.0 Å². The fourth-order valence-corrected chi connectivity index (χ4v) is 2.22. The summed E-state index contributed by atoms with van der Waals surface area (Å²) in [5, 5.41) is 3.83. The molecule has 0 radical (unpaired) electrons. The molecule has 1 saturated heterocycles. The highest BCUT2D eigenvalue weighted by Crippen LogP contribution is 2.15. The molecule has 2 rings (SSSR count). The van der Waals surface area contributed by atoms with Crippen LogP contribution in [-0.4, -0.2) is 36.0 Å². The molecule has 0 atom stereocenters. The smallest absolute Gasteiger partial charge is 0.329 e. The number of hydrazone groups is 1. The molecule has 21 heavy (non-hydrogen) atoms. The molecule has 5 nitrogen and oxygen atoms in total. The first-order valence-electron chi connectivity index (χ1n) is 7.25. The summed E-state index contributed by atoms with van der Waals surface area (Å²) in [6.45, 7) is 5.46. The molecule has 1 aromatic carbocycles. The molecular formula is C16H21N3O2. The van der Waals surface area contributed by atoms with E-state index in [0.717, 1.165) is 24.0 Å². The zero-order chi connectivity index (χ0) is 15.2. The van der Waals surface area contributed by atoms with E-state index in [4.69, 9.17) is 0 Å². The van der Waals surface area contributed by atoms with E-state index in [2.05, 4.69) is 17.5 Å². The van der Waals surface area contributed by atoms with Crippen molar-refractivity contribution in [3.63, 3.8) is 0 Å². The fraction of sp³-hybridized carbons (Fsp3) is 0.438. The third-order valence-corrected chi connectivity index (χ3v) is 3.72. The van der Waals surface area contributed by atoms with Gasteiger partial charge in [-0.1, -0.05) is 36.8 Å². The van der Waals surface area contributed by atoms with Gasteiger partial charge >= 0.3 is 11.8 Å². The van der Waals surface area contributed by atoms with Gasteiger partial charge in [-0.25, -0.2) is 5.43 Å². The standard InChI is InChI=1S/C16H21N3O2/c1-12-3-5-14(6-4-12)11-17-18-15(20)16(21)19-9-7-13(2)8-10-19/h3-6,11,13H,7-10H2,1-2H3,(H,18,20)/b17-11+. The van der Waals surface area contributed by atoms with Gasteiger partial charge < -0.3 is 4.90 Å². The predicted molar refractivity (Wildman–Crippen MR) is 81.9 cm³/mol. The first kappa shape index (κ1) is 15.2. The third-order valence-electron chi connectivity index (χ3n) is 3.72. The summed E-state index contributed by atoms with van der Waals surface area (Å²) in [6.07, 6.45) is 3.43. The van der Waals surface area contributed by atoms with Crippen molar-refractivity contribution >= 4 is 18.0 Å². The number of nitrogens with zero attached hydrogens (tertiary/aromatic N) is 2. The minimum Gasteiger partial charge on any atom is -0.334 e. The number of likely N-dealkylation sites (tertiary alicyclic amines) is 1. The quantitative estimate of drug-likeness (QED) is 0.511. The van der Waals surface area contributed by atoms with Crippen LogP contribution >= 0.6 is 0 Å². The molecule has 1 aliphatic rings. The van der Waals surface area contributed by atoms with Gasteiger partial charge in [-0.15, -0.1) is 0 Å². The Bertz CT molecular complexity index is 529. The maximum atomic E-state index is 11.9. The molecule has 1 N–H and O–H groups in total. The Kier molecular flexibility index (Phi) is 5.09. The average Bonchev–Trinajstić information content (AvgIpc) is 2.49. The highest BCUT2D eigenvalue weighted by Gasteiger charge is 2.25. The lowest BCUT2D eigenvalue weighted by Crippen LogP contribution is -2.45. The molecule has 0 aromatic heterocycles. The highest BCUT2D eigenvalue weighted by atomic mass is 16.2. The lowest BCUT2D eigenvalue weighted by Gasteiger charge is -2.29. The number of aryl methyl sites for hydroxylation is 1. The maximum Gasteiger partial charge on any atom is 0.329 e. The van der Waals surface area contributed by atoms with Crippen molar-refractivity contribution in [1.29, 1.82) is 0 Å². The number of benzene rings is 1. The normalized spacial score (nSPS) is 16.2. The lowest BCUT2D eigenvalue weighted by atomic mass is 9.99. The zero-order valence-corrected chi connectivity index (χ0v) is 12.5. The second kappa shape index (κ2) is 7.02. The molecule has 1 aliphatic heterocycles. The van der Waals surface area contributed by atoms with Crippen LogP contribution in [0, 0.1) is 12.8 Å². The van der Waals surface area contributed by atoms with Crippen molar-refractivity contribution < 1.29 is 9.59 Å². The van der Waals surface area contributed by atoms with Crippen LogP contribution in [-0.2, 0) is 9.59 Å². The number of hydrogen-bond acceptors (Lipinski definition) is 3. The van der Waals surface area contributed by atoms with Crippen molar-refractivity contribution in [2.24, 2.45) is 11.0 Å². The van der Waals surface area contributed by atoms with Crippen LogP contribution in [0.3, 0.4) is 0 Å². The summed E-state index contributed by atoms with van der Waals surface area (Å²) in [4.78, 5) is 25.3. The van der Waals surface area contributed by atoms with E-state index in [1.54, 1.807) is 4.90 Å². The van der Waals surface area contributed by atoms with Crippen LogP contribution < -0.4 is 5.43 Å². The second-order valence-electron chi connectivity index (χ2n) is 5.58. The Morgan fingerprint density at radius 1 is 1.24 bits per heavy atom. The number of carbonyl (C=O) groups excluding carboxylic acids is 2. The van der Waals surface area contributed by atoms with E-state index < -0.39 is 11.8 Å². The summed E-state index contributed by atoms with van der Waals surface area (Å²) in [7, 11) is 0. The minimum atomic E-state index is -0.673. The molecule has 0 spiro atoms. The van der Waals surface area contributed by atoms with Crippen LogP contribution in [0.2, 0.25) is 0 Å². The van der Waals surface area contributed by atoms with Crippen LogP contribution in [0.5, 0.6) is 0 Å². The highest BCUT2D eigenvalue weighted by molar-refractivity contribution is 6.35. The van der Waals surface area contributed by atoms with Crippen molar-refractivity contribution in [1.82, 2.24) is 10.3 Å². The van der Waals surface area contributed by atoms with Gasteiger partial charge in [-0.2, -0.15) is 5.10 Å². The summed E-state index contributed by atoms with van der Waals surface area (Å²) >= 11 is 0. The van der Waals surface area contributed by atoms with E-state index in [1.807, 2.05) is 31.2 Å². The third kappa shape index (κ3) is 4.41. The van der Waals surface area contributed by atoms with Gasteiger partial charge in [0.15, 0.2) is 0 Å². The van der Waals surface area contributed by atoms with Crippen molar-refractivity contribution in [3.05, 3.63) is 35.4 Å². The number of amides is 2. The van der Waals surface area contributed by atoms with Gasteiger partial charge in [0, 0.05) is 13.1 Å². The van der Waals surface area contributed by atoms with E-state index in [-0.39, 0.29) is 0 Å². The summed E-state index contributed by atoms with van der Waals surface area (Å²) < 4.78 is 0. The lowest BCUT2D eigenvalue weighted by molar-refractivity contribution is -0.146. The molecule has 0 unspecified atom stereocenters. The largest absolute Gasteiger partial charge is 0.334 e. The Labute approximate surface area is 125 Å². The molecule has 5 heteroatoms. The van der Waals surface area contributed by atoms with Crippen molar-refractivity contribution in [2.75, 3.05) is 13.1 Å². The molecule has 1 aromatic rings. The second-order valence-corrected chi connectivity index (χ2v) is 5.58. The number of rotatable bonds is 2. The Balaban J connectivity index is 1.83. The van der Waals surface area contributed by atoms with E-state index in [9.17, 15) is 9.59 Å². The first-order chi connectivity index (χ1) is 10.1. The van der Waals surface area contributed by atoms with Gasteiger partial charge in [-0.05, 0) is 31.2 Å². The molecule has 1 fully saturated rings. The van der Waals surface area contributed by atoms with Gasteiger partial charge in [0.1, 0.15) is 0 Å². The monoisotopic (exact) mass is 287 g/mol. The average molecular weight is 287 g/mol. The van der Waals surface area contributed by atoms with Gasteiger partial charge in [0.05, 0.1) is 6.21 Å². The van der Waals surface area contributed by atoms with Crippen LogP contribution in [0.1, 0.15) is 30.9 Å². The number of nitrogens with one attached hydrogen (secondary N) is 1. The van der Waals surface area contributed by atoms with Crippen LogP contribution in [0.4, 0.5) is 0 Å². The summed E-state index contributed by atoms with van der Waals surface area (Å²) in [5.74, 6) is -0.549. The topological polar surface area (TPSA) is 61.8 Å². The molecule has 2 amide bonds. The molecule has 0 aliphatic carbocycles. The molecule has 112 valence electrons. The maximum absolute atomic E-state index is 11.9.